The lowest BCUT2D eigenvalue weighted by molar-refractivity contribution is -0.128. The fraction of sp³-hybridized carbons (Fsp3) is 0.562. The average molecular weight is 330 g/mol. The molecule has 0 bridgehead atoms. The summed E-state index contributed by atoms with van der Waals surface area (Å²) in [6.07, 6.45) is 4.27. The molecule has 114 valence electrons. The van der Waals surface area contributed by atoms with Gasteiger partial charge in [-0.2, -0.15) is 0 Å². The maximum atomic E-state index is 13.1. The molecule has 2 fully saturated rings. The zero-order chi connectivity index (χ0) is 15.3. The Kier molecular flexibility index (Phi) is 3.49. The highest BCUT2D eigenvalue weighted by Crippen LogP contribution is 2.64. The van der Waals surface area contributed by atoms with Crippen molar-refractivity contribution >= 4 is 29.1 Å². The minimum absolute atomic E-state index is 0.112. The zero-order valence-electron chi connectivity index (χ0n) is 11.9. The van der Waals surface area contributed by atoms with E-state index in [0.29, 0.717) is 6.42 Å². The number of hydrogen-bond donors (Lipinski definition) is 1. The van der Waals surface area contributed by atoms with Gasteiger partial charge in [0.15, 0.2) is 0 Å². The van der Waals surface area contributed by atoms with E-state index >= 15 is 0 Å². The highest BCUT2D eigenvalue weighted by Gasteiger charge is 2.68. The third kappa shape index (κ3) is 2.44. The molecule has 1 aromatic rings. The average Bonchev–Trinajstić information content (AvgIpc) is 2.78. The van der Waals surface area contributed by atoms with E-state index in [9.17, 15) is 9.18 Å². The summed E-state index contributed by atoms with van der Waals surface area (Å²) in [6, 6.07) is 6.39. The topological polar surface area (TPSA) is 29.1 Å². The molecule has 2 saturated carbocycles. The first kappa shape index (κ1) is 15.1. The predicted molar refractivity (Wildman–Crippen MR) is 81.8 cm³/mol. The second-order valence-corrected chi connectivity index (χ2v) is 7.95. The van der Waals surface area contributed by atoms with E-state index in [1.165, 1.54) is 12.1 Å². The number of halogens is 3. The molecule has 2 aliphatic rings. The van der Waals surface area contributed by atoms with Crippen molar-refractivity contribution in [1.29, 1.82) is 0 Å². The number of carbonyl (C=O) groups excluding carboxylic acids is 1. The van der Waals surface area contributed by atoms with Gasteiger partial charge in [-0.1, -0.05) is 25.0 Å². The molecule has 2 nitrogen and oxygen atoms in total. The van der Waals surface area contributed by atoms with E-state index in [2.05, 4.69) is 5.32 Å². The molecule has 0 radical (unpaired) electrons. The maximum absolute atomic E-state index is 13.1. The van der Waals surface area contributed by atoms with Gasteiger partial charge >= 0.3 is 0 Å². The Morgan fingerprint density at radius 1 is 1.19 bits per heavy atom. The zero-order valence-corrected chi connectivity index (χ0v) is 13.4. The molecule has 1 atom stereocenters. The molecule has 0 saturated heterocycles. The molecule has 0 heterocycles. The van der Waals surface area contributed by atoms with Crippen LogP contribution in [0, 0.1) is 11.2 Å². The highest BCUT2D eigenvalue weighted by atomic mass is 35.5. The molecule has 1 unspecified atom stereocenters. The van der Waals surface area contributed by atoms with E-state index in [-0.39, 0.29) is 11.7 Å². The minimum Gasteiger partial charge on any atom is -0.346 e. The maximum Gasteiger partial charge on any atom is 0.229 e. The Balaban J connectivity index is 1.85. The smallest absolute Gasteiger partial charge is 0.229 e. The van der Waals surface area contributed by atoms with E-state index < -0.39 is 15.3 Å². The molecule has 1 aromatic carbocycles. The first-order valence-corrected chi connectivity index (χ1v) is 8.01. The molecular weight excluding hydrogens is 312 g/mol. The van der Waals surface area contributed by atoms with Crippen molar-refractivity contribution in [2.75, 3.05) is 0 Å². The Hall–Kier alpha value is -0.800. The Bertz CT molecular complexity index is 566. The van der Waals surface area contributed by atoms with Crippen LogP contribution in [0.15, 0.2) is 24.3 Å². The molecule has 1 N–H and O–H groups in total. The number of amides is 1. The Morgan fingerprint density at radius 3 is 2.19 bits per heavy atom. The minimum atomic E-state index is -0.973. The summed E-state index contributed by atoms with van der Waals surface area (Å²) >= 11 is 12.2. The number of rotatable bonds is 3. The summed E-state index contributed by atoms with van der Waals surface area (Å²) in [5.41, 5.74) is -0.194. The Morgan fingerprint density at radius 2 is 1.71 bits per heavy atom. The van der Waals surface area contributed by atoms with Gasteiger partial charge < -0.3 is 5.32 Å². The van der Waals surface area contributed by atoms with Crippen molar-refractivity contribution in [2.24, 2.45) is 5.41 Å². The lowest BCUT2D eigenvalue weighted by Gasteiger charge is -2.32. The van der Waals surface area contributed by atoms with E-state index in [1.54, 1.807) is 19.1 Å². The van der Waals surface area contributed by atoms with Crippen molar-refractivity contribution in [3.05, 3.63) is 35.6 Å². The van der Waals surface area contributed by atoms with E-state index in [1.807, 2.05) is 0 Å². The SMILES string of the molecule is CC1(C(=O)NC2(c3ccc(F)cc3)CCCC2)CC1(Cl)Cl. The standard InChI is InChI=1S/C16H18Cl2FNO/c1-14(10-16(14,17)18)13(21)20-15(8-2-3-9-15)11-4-6-12(19)7-5-11/h4-7H,2-3,8-10H2,1H3,(H,20,21). The van der Waals surface area contributed by atoms with Gasteiger partial charge in [0.05, 0.1) is 11.0 Å². The first-order valence-electron chi connectivity index (χ1n) is 7.26. The molecule has 0 aliphatic heterocycles. The second kappa shape index (κ2) is 4.85. The summed E-state index contributed by atoms with van der Waals surface area (Å²) in [4.78, 5) is 12.6. The number of hydrogen-bond acceptors (Lipinski definition) is 1. The molecule has 0 aromatic heterocycles. The van der Waals surface area contributed by atoms with Gasteiger partial charge in [-0.3, -0.25) is 4.79 Å². The number of benzene rings is 1. The molecule has 1 amide bonds. The number of alkyl halides is 2. The van der Waals surface area contributed by atoms with Crippen molar-refractivity contribution in [1.82, 2.24) is 5.32 Å². The molecule has 2 aliphatic carbocycles. The van der Waals surface area contributed by atoms with Crippen LogP contribution >= 0.6 is 23.2 Å². The quantitative estimate of drug-likeness (QED) is 0.823. The number of nitrogens with one attached hydrogen (secondary N) is 1. The van der Waals surface area contributed by atoms with Crippen molar-refractivity contribution in [2.45, 2.75) is 48.9 Å². The summed E-state index contributed by atoms with van der Waals surface area (Å²) < 4.78 is 12.2. The summed E-state index contributed by atoms with van der Waals surface area (Å²) in [7, 11) is 0. The lowest BCUT2D eigenvalue weighted by Crippen LogP contribution is -2.47. The Labute approximate surface area is 134 Å². The van der Waals surface area contributed by atoms with Crippen LogP contribution in [-0.4, -0.2) is 10.2 Å². The van der Waals surface area contributed by atoms with Gasteiger partial charge in [-0.05, 0) is 43.9 Å². The first-order chi connectivity index (χ1) is 9.79. The van der Waals surface area contributed by atoms with Gasteiger partial charge in [-0.25, -0.2) is 4.39 Å². The summed E-state index contributed by atoms with van der Waals surface area (Å²) in [5, 5.41) is 3.16. The lowest BCUT2D eigenvalue weighted by atomic mass is 9.87. The highest BCUT2D eigenvalue weighted by molar-refractivity contribution is 6.53. The second-order valence-electron chi connectivity index (χ2n) is 6.46. The van der Waals surface area contributed by atoms with Crippen molar-refractivity contribution in [3.63, 3.8) is 0 Å². The number of carbonyl (C=O) groups is 1. The van der Waals surface area contributed by atoms with Crippen LogP contribution in [0.5, 0.6) is 0 Å². The van der Waals surface area contributed by atoms with Crippen LogP contribution in [0.3, 0.4) is 0 Å². The third-order valence-electron chi connectivity index (χ3n) is 4.97. The van der Waals surface area contributed by atoms with Crippen LogP contribution in [0.2, 0.25) is 0 Å². The summed E-state index contributed by atoms with van der Waals surface area (Å²) in [5.74, 6) is -0.383. The van der Waals surface area contributed by atoms with Gasteiger partial charge in [0.25, 0.3) is 0 Å². The van der Waals surface area contributed by atoms with Crippen LogP contribution in [0.4, 0.5) is 4.39 Å². The monoisotopic (exact) mass is 329 g/mol. The van der Waals surface area contributed by atoms with Gasteiger partial charge in [0.2, 0.25) is 5.91 Å². The fourth-order valence-corrected chi connectivity index (χ4v) is 3.94. The van der Waals surface area contributed by atoms with Crippen LogP contribution < -0.4 is 5.32 Å². The normalized spacial score (nSPS) is 29.1. The molecular formula is C16H18Cl2FNO. The predicted octanol–water partition coefficient (Wildman–Crippen LogP) is 4.30. The third-order valence-corrected chi connectivity index (χ3v) is 6.07. The fourth-order valence-electron chi connectivity index (χ4n) is 3.23. The van der Waals surface area contributed by atoms with Crippen LogP contribution in [-0.2, 0) is 10.3 Å². The van der Waals surface area contributed by atoms with Gasteiger partial charge in [0.1, 0.15) is 10.2 Å². The van der Waals surface area contributed by atoms with Crippen LogP contribution in [0.1, 0.15) is 44.6 Å². The molecule has 5 heteroatoms. The van der Waals surface area contributed by atoms with Crippen molar-refractivity contribution in [3.8, 4) is 0 Å². The van der Waals surface area contributed by atoms with Gasteiger partial charge in [0, 0.05) is 0 Å². The van der Waals surface area contributed by atoms with Crippen molar-refractivity contribution < 1.29 is 9.18 Å². The van der Waals surface area contributed by atoms with Gasteiger partial charge in [-0.15, -0.1) is 23.2 Å². The summed E-state index contributed by atoms with van der Waals surface area (Å²) in [6.45, 7) is 1.79. The molecule has 21 heavy (non-hydrogen) atoms. The van der Waals surface area contributed by atoms with E-state index in [0.717, 1.165) is 31.2 Å². The van der Waals surface area contributed by atoms with E-state index in [4.69, 9.17) is 23.2 Å². The largest absolute Gasteiger partial charge is 0.346 e. The van der Waals surface area contributed by atoms with Crippen LogP contribution in [0.25, 0.3) is 0 Å². The molecule has 0 spiro atoms. The molecule has 3 rings (SSSR count).